The van der Waals surface area contributed by atoms with Crippen molar-refractivity contribution in [2.75, 3.05) is 0 Å². The van der Waals surface area contributed by atoms with Crippen LogP contribution >= 0.6 is 0 Å². The van der Waals surface area contributed by atoms with E-state index in [0.717, 1.165) is 12.1 Å². The van der Waals surface area contributed by atoms with Gasteiger partial charge in [-0.3, -0.25) is 0 Å². The SMILES string of the molecule is O=C(O)c1cc2ccc3c4ccc(C(F)(F)F)cc4[nH]c3c2cc1O. The fourth-order valence-corrected chi connectivity index (χ4v) is 3.08. The molecule has 0 radical (unpaired) electrons. The Balaban J connectivity index is 2.07. The summed E-state index contributed by atoms with van der Waals surface area (Å²) in [6, 6.07) is 9.48. The number of benzene rings is 3. The molecular weight excluding hydrogens is 335 g/mol. The molecule has 4 rings (SSSR count). The van der Waals surface area contributed by atoms with Crippen molar-refractivity contribution in [3.05, 3.63) is 53.6 Å². The van der Waals surface area contributed by atoms with Crippen LogP contribution in [0.15, 0.2) is 42.5 Å². The molecule has 0 atom stereocenters. The van der Waals surface area contributed by atoms with Crippen molar-refractivity contribution in [2.24, 2.45) is 0 Å². The average molecular weight is 345 g/mol. The molecule has 0 aliphatic carbocycles. The first-order valence-electron chi connectivity index (χ1n) is 7.27. The lowest BCUT2D eigenvalue weighted by atomic mass is 10.0. The van der Waals surface area contributed by atoms with E-state index in [1.807, 2.05) is 0 Å². The number of aromatic hydroxyl groups is 1. The number of aromatic amines is 1. The van der Waals surface area contributed by atoms with E-state index in [9.17, 15) is 23.1 Å². The van der Waals surface area contributed by atoms with Gasteiger partial charge in [0.15, 0.2) is 0 Å². The van der Waals surface area contributed by atoms with Gasteiger partial charge >= 0.3 is 12.1 Å². The molecule has 25 heavy (non-hydrogen) atoms. The first-order valence-corrected chi connectivity index (χ1v) is 7.27. The van der Waals surface area contributed by atoms with Crippen molar-refractivity contribution in [1.29, 1.82) is 0 Å². The van der Waals surface area contributed by atoms with E-state index in [-0.39, 0.29) is 5.56 Å². The Kier molecular flexibility index (Phi) is 3.00. The molecule has 7 heteroatoms. The summed E-state index contributed by atoms with van der Waals surface area (Å²) in [5.41, 5.74) is -0.132. The predicted molar refractivity (Wildman–Crippen MR) is 86.9 cm³/mol. The highest BCUT2D eigenvalue weighted by Crippen LogP contribution is 2.37. The summed E-state index contributed by atoms with van der Waals surface area (Å²) in [6.45, 7) is 0. The number of carboxylic acid groups (broad SMARTS) is 1. The largest absolute Gasteiger partial charge is 0.507 e. The number of carboxylic acids is 1. The highest BCUT2D eigenvalue weighted by atomic mass is 19.4. The van der Waals surface area contributed by atoms with Crippen LogP contribution in [-0.2, 0) is 6.18 Å². The van der Waals surface area contributed by atoms with E-state index in [2.05, 4.69) is 4.98 Å². The first-order chi connectivity index (χ1) is 11.8. The molecule has 0 aliphatic rings. The summed E-state index contributed by atoms with van der Waals surface area (Å²) < 4.78 is 38.7. The van der Waals surface area contributed by atoms with E-state index >= 15 is 0 Å². The smallest absolute Gasteiger partial charge is 0.416 e. The maximum absolute atomic E-state index is 12.9. The molecule has 0 spiro atoms. The van der Waals surface area contributed by atoms with Crippen LogP contribution in [0.25, 0.3) is 32.6 Å². The summed E-state index contributed by atoms with van der Waals surface area (Å²) >= 11 is 0. The van der Waals surface area contributed by atoms with Crippen molar-refractivity contribution >= 4 is 38.5 Å². The number of halogens is 3. The number of hydrogen-bond donors (Lipinski definition) is 3. The number of carbonyl (C=O) groups is 1. The van der Waals surface area contributed by atoms with Crippen molar-refractivity contribution in [1.82, 2.24) is 4.98 Å². The zero-order valence-electron chi connectivity index (χ0n) is 12.5. The number of nitrogens with one attached hydrogen (secondary N) is 1. The lowest BCUT2D eigenvalue weighted by Crippen LogP contribution is -2.03. The van der Waals surface area contributed by atoms with Gasteiger partial charge in [-0.15, -0.1) is 0 Å². The number of fused-ring (bicyclic) bond motifs is 5. The summed E-state index contributed by atoms with van der Waals surface area (Å²) in [7, 11) is 0. The molecule has 0 saturated carbocycles. The Morgan fingerprint density at radius 3 is 2.36 bits per heavy atom. The van der Waals surface area contributed by atoms with E-state index in [1.54, 1.807) is 12.1 Å². The van der Waals surface area contributed by atoms with Gasteiger partial charge in [0.2, 0.25) is 0 Å². The third-order valence-corrected chi connectivity index (χ3v) is 4.26. The quantitative estimate of drug-likeness (QED) is 0.459. The van der Waals surface area contributed by atoms with Crippen LogP contribution in [0.3, 0.4) is 0 Å². The van der Waals surface area contributed by atoms with E-state index in [0.29, 0.717) is 32.6 Å². The van der Waals surface area contributed by atoms with E-state index in [4.69, 9.17) is 5.11 Å². The van der Waals surface area contributed by atoms with E-state index < -0.39 is 23.5 Å². The standard InChI is InChI=1S/C18H10F3NO3/c19-18(20,21)9-2-4-10-11-3-1-8-5-13(17(24)25)15(23)7-12(8)16(11)22-14(10)6-9/h1-7,22-23H,(H,24,25). The van der Waals surface area contributed by atoms with Gasteiger partial charge in [0.1, 0.15) is 11.3 Å². The summed E-state index contributed by atoms with van der Waals surface area (Å²) in [5, 5.41) is 21.4. The molecule has 0 amide bonds. The zero-order valence-corrected chi connectivity index (χ0v) is 12.5. The van der Waals surface area contributed by atoms with Gasteiger partial charge in [-0.2, -0.15) is 13.2 Å². The molecule has 0 saturated heterocycles. The third-order valence-electron chi connectivity index (χ3n) is 4.26. The average Bonchev–Trinajstić information content (AvgIpc) is 2.91. The maximum atomic E-state index is 12.9. The Hall–Kier alpha value is -3.22. The van der Waals surface area contributed by atoms with Gasteiger partial charge in [0.25, 0.3) is 0 Å². The minimum absolute atomic E-state index is 0.234. The van der Waals surface area contributed by atoms with Crippen molar-refractivity contribution < 1.29 is 28.2 Å². The van der Waals surface area contributed by atoms with Crippen molar-refractivity contribution in [2.45, 2.75) is 6.18 Å². The topological polar surface area (TPSA) is 73.3 Å². The normalized spacial score (nSPS) is 12.3. The van der Waals surface area contributed by atoms with Crippen molar-refractivity contribution in [3.8, 4) is 5.75 Å². The van der Waals surface area contributed by atoms with Crippen molar-refractivity contribution in [3.63, 3.8) is 0 Å². The number of alkyl halides is 3. The maximum Gasteiger partial charge on any atom is 0.416 e. The molecular formula is C18H10F3NO3. The molecule has 0 fully saturated rings. The number of aromatic nitrogens is 1. The van der Waals surface area contributed by atoms with Gasteiger partial charge in [0, 0.05) is 21.7 Å². The van der Waals surface area contributed by atoms with Gasteiger partial charge in [-0.1, -0.05) is 18.2 Å². The highest BCUT2D eigenvalue weighted by molar-refractivity contribution is 6.18. The number of hydrogen-bond acceptors (Lipinski definition) is 2. The van der Waals surface area contributed by atoms with Gasteiger partial charge in [0.05, 0.1) is 11.1 Å². The number of phenols is 1. The predicted octanol–water partition coefficient (Wildman–Crippen LogP) is 4.90. The first kappa shape index (κ1) is 15.3. The molecule has 1 heterocycles. The number of aromatic carboxylic acids is 1. The molecule has 3 aromatic carbocycles. The van der Waals surface area contributed by atoms with Crippen LogP contribution < -0.4 is 0 Å². The summed E-state index contributed by atoms with van der Waals surface area (Å²) in [4.78, 5) is 14.1. The van der Waals surface area contributed by atoms with Crippen LogP contribution in [0.4, 0.5) is 13.2 Å². The highest BCUT2D eigenvalue weighted by Gasteiger charge is 2.30. The van der Waals surface area contributed by atoms with Gasteiger partial charge in [-0.25, -0.2) is 4.79 Å². The monoisotopic (exact) mass is 345 g/mol. The fraction of sp³-hybridized carbons (Fsp3) is 0.0556. The molecule has 4 aromatic rings. The molecule has 0 bridgehead atoms. The Bertz CT molecular complexity index is 1180. The molecule has 4 nitrogen and oxygen atoms in total. The van der Waals surface area contributed by atoms with Crippen LogP contribution in [0.1, 0.15) is 15.9 Å². The Morgan fingerprint density at radius 2 is 1.68 bits per heavy atom. The molecule has 0 unspecified atom stereocenters. The lowest BCUT2D eigenvalue weighted by molar-refractivity contribution is -0.137. The van der Waals surface area contributed by atoms with E-state index in [1.165, 1.54) is 18.2 Å². The van der Waals surface area contributed by atoms with Crippen LogP contribution in [-0.4, -0.2) is 21.2 Å². The molecule has 1 aromatic heterocycles. The number of rotatable bonds is 1. The van der Waals surface area contributed by atoms with Crippen LogP contribution in [0.2, 0.25) is 0 Å². The minimum atomic E-state index is -4.44. The number of H-pyrrole nitrogens is 1. The molecule has 3 N–H and O–H groups in total. The second-order valence-electron chi connectivity index (χ2n) is 5.77. The van der Waals surface area contributed by atoms with Gasteiger partial charge in [-0.05, 0) is 29.7 Å². The molecule has 0 aliphatic heterocycles. The van der Waals surface area contributed by atoms with Gasteiger partial charge < -0.3 is 15.2 Å². The molecule has 126 valence electrons. The summed E-state index contributed by atoms with van der Waals surface area (Å²) in [6.07, 6.45) is -4.44. The Labute approximate surface area is 138 Å². The van der Waals surface area contributed by atoms with Crippen LogP contribution in [0, 0.1) is 0 Å². The lowest BCUT2D eigenvalue weighted by Gasteiger charge is -2.05. The minimum Gasteiger partial charge on any atom is -0.507 e. The zero-order chi connectivity index (χ0) is 17.9. The second kappa shape index (κ2) is 4.89. The third kappa shape index (κ3) is 2.27. The fourth-order valence-electron chi connectivity index (χ4n) is 3.08. The second-order valence-corrected chi connectivity index (χ2v) is 5.77. The Morgan fingerprint density at radius 1 is 0.960 bits per heavy atom. The van der Waals surface area contributed by atoms with Crippen LogP contribution in [0.5, 0.6) is 5.75 Å². The summed E-state index contributed by atoms with van der Waals surface area (Å²) in [5.74, 6) is -1.66.